The molecule has 0 aliphatic heterocycles. The van der Waals surface area contributed by atoms with Crippen LogP contribution in [0.3, 0.4) is 0 Å². The first kappa shape index (κ1) is 8.49. The summed E-state index contributed by atoms with van der Waals surface area (Å²) >= 11 is 0. The highest BCUT2D eigenvalue weighted by Gasteiger charge is 2.08. The van der Waals surface area contributed by atoms with Crippen LogP contribution in [-0.2, 0) is 0 Å². The normalized spacial score (nSPS) is 10.4. The SMILES string of the molecule is O=[N+]([O-])c1cnc2cc(F)cnc2c1. The van der Waals surface area contributed by atoms with Crippen LogP contribution in [0.5, 0.6) is 0 Å². The highest BCUT2D eigenvalue weighted by molar-refractivity contribution is 5.75. The van der Waals surface area contributed by atoms with Gasteiger partial charge in [-0.3, -0.25) is 15.1 Å². The maximum atomic E-state index is 12.7. The number of fused-ring (bicyclic) bond motifs is 1. The number of nitro groups is 1. The Kier molecular flexibility index (Phi) is 1.81. The van der Waals surface area contributed by atoms with E-state index in [0.717, 1.165) is 12.4 Å². The third-order valence-corrected chi connectivity index (χ3v) is 1.70. The van der Waals surface area contributed by atoms with Crippen LogP contribution in [0.15, 0.2) is 24.5 Å². The average Bonchev–Trinajstić information content (AvgIpc) is 2.16. The third-order valence-electron chi connectivity index (χ3n) is 1.70. The molecule has 14 heavy (non-hydrogen) atoms. The first-order valence-corrected chi connectivity index (χ1v) is 3.72. The van der Waals surface area contributed by atoms with Gasteiger partial charge in [-0.25, -0.2) is 9.37 Å². The molecule has 6 heteroatoms. The van der Waals surface area contributed by atoms with Gasteiger partial charge in [-0.1, -0.05) is 0 Å². The average molecular weight is 193 g/mol. The fourth-order valence-corrected chi connectivity index (χ4v) is 1.07. The molecule has 0 N–H and O–H groups in total. The van der Waals surface area contributed by atoms with Crippen molar-refractivity contribution < 1.29 is 9.31 Å². The Morgan fingerprint density at radius 3 is 2.57 bits per heavy atom. The fraction of sp³-hybridized carbons (Fsp3) is 0. The molecule has 0 saturated carbocycles. The molecule has 0 aliphatic carbocycles. The van der Waals surface area contributed by atoms with Gasteiger partial charge in [0.15, 0.2) is 0 Å². The highest BCUT2D eigenvalue weighted by Crippen LogP contribution is 2.16. The minimum atomic E-state index is -0.572. The first-order valence-electron chi connectivity index (χ1n) is 3.72. The Morgan fingerprint density at radius 2 is 1.86 bits per heavy atom. The van der Waals surface area contributed by atoms with E-state index in [9.17, 15) is 14.5 Å². The molecule has 2 aromatic rings. The molecule has 0 unspecified atom stereocenters. The molecule has 0 amide bonds. The molecule has 5 nitrogen and oxygen atoms in total. The first-order chi connectivity index (χ1) is 6.66. The Bertz CT molecular complexity index is 515. The van der Waals surface area contributed by atoms with Gasteiger partial charge in [0.2, 0.25) is 0 Å². The second-order valence-electron chi connectivity index (χ2n) is 2.64. The number of rotatable bonds is 1. The Labute approximate surface area is 77.4 Å². The summed E-state index contributed by atoms with van der Waals surface area (Å²) in [6.07, 6.45) is 2.07. The van der Waals surface area contributed by atoms with Gasteiger partial charge in [-0.2, -0.15) is 0 Å². The van der Waals surface area contributed by atoms with Crippen molar-refractivity contribution in [1.29, 1.82) is 0 Å². The summed E-state index contributed by atoms with van der Waals surface area (Å²) in [5.41, 5.74) is 0.452. The minimum absolute atomic E-state index is 0.156. The molecule has 0 aliphatic rings. The Morgan fingerprint density at radius 1 is 1.21 bits per heavy atom. The number of hydrogen-bond donors (Lipinski definition) is 0. The summed E-state index contributed by atoms with van der Waals surface area (Å²) in [6, 6.07) is 2.42. The lowest BCUT2D eigenvalue weighted by molar-refractivity contribution is -0.385. The molecule has 0 aromatic carbocycles. The minimum Gasteiger partial charge on any atom is -0.258 e. The number of pyridine rings is 2. The van der Waals surface area contributed by atoms with Gasteiger partial charge in [0.1, 0.15) is 12.0 Å². The zero-order valence-electron chi connectivity index (χ0n) is 6.85. The molecular weight excluding hydrogens is 189 g/mol. The highest BCUT2D eigenvalue weighted by atomic mass is 19.1. The lowest BCUT2D eigenvalue weighted by atomic mass is 10.3. The van der Waals surface area contributed by atoms with Gasteiger partial charge in [-0.05, 0) is 0 Å². The predicted molar refractivity (Wildman–Crippen MR) is 46.2 cm³/mol. The van der Waals surface area contributed by atoms with Crippen molar-refractivity contribution >= 4 is 16.7 Å². The molecule has 2 heterocycles. The van der Waals surface area contributed by atoms with Crippen molar-refractivity contribution in [1.82, 2.24) is 9.97 Å². The van der Waals surface area contributed by atoms with Gasteiger partial charge in [0.05, 0.1) is 22.2 Å². The number of hydrogen-bond acceptors (Lipinski definition) is 4. The van der Waals surface area contributed by atoms with E-state index in [4.69, 9.17) is 0 Å². The summed E-state index contributed by atoms with van der Waals surface area (Å²) < 4.78 is 12.7. The molecule has 0 spiro atoms. The second-order valence-corrected chi connectivity index (χ2v) is 2.64. The van der Waals surface area contributed by atoms with E-state index in [2.05, 4.69) is 9.97 Å². The van der Waals surface area contributed by atoms with E-state index in [1.54, 1.807) is 0 Å². The van der Waals surface area contributed by atoms with Gasteiger partial charge in [-0.15, -0.1) is 0 Å². The topological polar surface area (TPSA) is 68.9 Å². The van der Waals surface area contributed by atoms with E-state index >= 15 is 0 Å². The lowest BCUT2D eigenvalue weighted by Crippen LogP contribution is -1.91. The van der Waals surface area contributed by atoms with Crippen LogP contribution in [0, 0.1) is 15.9 Å². The summed E-state index contributed by atoms with van der Waals surface area (Å²) in [7, 11) is 0. The predicted octanol–water partition coefficient (Wildman–Crippen LogP) is 1.68. The standard InChI is InChI=1S/C8H4FN3O2/c9-5-1-7-8(10-3-5)2-6(4-11-7)12(13)14/h1-4H. The van der Waals surface area contributed by atoms with E-state index < -0.39 is 10.7 Å². The summed E-state index contributed by atoms with van der Waals surface area (Å²) in [5.74, 6) is -0.515. The molecule has 0 saturated heterocycles. The van der Waals surface area contributed by atoms with E-state index in [0.29, 0.717) is 11.0 Å². The van der Waals surface area contributed by atoms with Crippen molar-refractivity contribution in [2.45, 2.75) is 0 Å². The molecule has 70 valence electrons. The van der Waals surface area contributed by atoms with Gasteiger partial charge >= 0.3 is 0 Å². The van der Waals surface area contributed by atoms with Crippen molar-refractivity contribution in [3.63, 3.8) is 0 Å². The van der Waals surface area contributed by atoms with Crippen molar-refractivity contribution in [3.8, 4) is 0 Å². The van der Waals surface area contributed by atoms with Crippen LogP contribution >= 0.6 is 0 Å². The zero-order valence-corrected chi connectivity index (χ0v) is 6.85. The molecule has 0 bridgehead atoms. The number of halogens is 1. The van der Waals surface area contributed by atoms with Crippen LogP contribution in [0.1, 0.15) is 0 Å². The molecule has 0 atom stereocenters. The molecule has 0 radical (unpaired) electrons. The largest absolute Gasteiger partial charge is 0.289 e. The van der Waals surface area contributed by atoms with Gasteiger partial charge in [0, 0.05) is 12.1 Å². The maximum Gasteiger partial charge on any atom is 0.289 e. The summed E-state index contributed by atoms with van der Waals surface area (Å²) in [5, 5.41) is 10.4. The molecule has 2 aromatic heterocycles. The molecule has 2 rings (SSSR count). The summed E-state index contributed by atoms with van der Waals surface area (Å²) in [6.45, 7) is 0. The van der Waals surface area contributed by atoms with Crippen molar-refractivity contribution in [3.05, 3.63) is 40.5 Å². The number of nitrogens with zero attached hydrogens (tertiary/aromatic N) is 3. The Balaban J connectivity index is 2.67. The smallest absolute Gasteiger partial charge is 0.258 e. The zero-order chi connectivity index (χ0) is 10.1. The monoisotopic (exact) mass is 193 g/mol. The van der Waals surface area contributed by atoms with Crippen LogP contribution in [0.25, 0.3) is 11.0 Å². The van der Waals surface area contributed by atoms with Crippen molar-refractivity contribution in [2.75, 3.05) is 0 Å². The van der Waals surface area contributed by atoms with E-state index in [1.807, 2.05) is 0 Å². The molecular formula is C8H4FN3O2. The van der Waals surface area contributed by atoms with E-state index in [1.165, 1.54) is 12.1 Å². The van der Waals surface area contributed by atoms with Gasteiger partial charge < -0.3 is 0 Å². The van der Waals surface area contributed by atoms with Crippen molar-refractivity contribution in [2.24, 2.45) is 0 Å². The quantitative estimate of drug-likeness (QED) is 0.510. The fourth-order valence-electron chi connectivity index (χ4n) is 1.07. The van der Waals surface area contributed by atoms with Crippen LogP contribution in [-0.4, -0.2) is 14.9 Å². The molecule has 0 fully saturated rings. The lowest BCUT2D eigenvalue weighted by Gasteiger charge is -1.95. The second kappa shape index (κ2) is 2.99. The number of aromatic nitrogens is 2. The third kappa shape index (κ3) is 1.37. The summed E-state index contributed by atoms with van der Waals surface area (Å²) in [4.78, 5) is 17.2. The van der Waals surface area contributed by atoms with Crippen LogP contribution in [0.4, 0.5) is 10.1 Å². The maximum absolute atomic E-state index is 12.7. The van der Waals surface area contributed by atoms with Crippen LogP contribution in [0.2, 0.25) is 0 Å². The Hall–Kier alpha value is -2.11. The van der Waals surface area contributed by atoms with Gasteiger partial charge in [0.25, 0.3) is 5.69 Å². The van der Waals surface area contributed by atoms with E-state index in [-0.39, 0.29) is 5.69 Å². The van der Waals surface area contributed by atoms with Crippen LogP contribution < -0.4 is 0 Å².